The van der Waals surface area contributed by atoms with Gasteiger partial charge in [0.2, 0.25) is 5.91 Å². The Balaban J connectivity index is 1.49. The number of nitrogens with zero attached hydrogens (tertiary/aromatic N) is 1. The van der Waals surface area contributed by atoms with Crippen LogP contribution in [0.4, 0.5) is 9.18 Å². The monoisotopic (exact) mass is 333 g/mol. The third-order valence-electron chi connectivity index (χ3n) is 4.65. The van der Waals surface area contributed by atoms with E-state index in [0.29, 0.717) is 13.0 Å². The summed E-state index contributed by atoms with van der Waals surface area (Å²) in [6.45, 7) is 1.79. The maximum atomic E-state index is 12.8. The highest BCUT2D eigenvalue weighted by Gasteiger charge is 2.56. The van der Waals surface area contributed by atoms with E-state index in [0.717, 1.165) is 23.3 Å². The molecule has 6 nitrogen and oxygen atoms in total. The SMILES string of the molecule is CC1(C2CC2)NC(=O)N(CC(=O)NCCc2ccc(F)cc2)C1=O. The molecule has 2 fully saturated rings. The Bertz CT molecular complexity index is 672. The van der Waals surface area contributed by atoms with Crippen molar-refractivity contribution in [3.05, 3.63) is 35.6 Å². The molecule has 0 radical (unpaired) electrons. The summed E-state index contributed by atoms with van der Waals surface area (Å²) in [5.74, 6) is -0.857. The molecule has 2 aliphatic rings. The fourth-order valence-electron chi connectivity index (χ4n) is 2.99. The molecule has 1 heterocycles. The van der Waals surface area contributed by atoms with Gasteiger partial charge in [-0.1, -0.05) is 12.1 Å². The predicted octanol–water partition coefficient (Wildman–Crippen LogP) is 1.20. The molecule has 1 saturated heterocycles. The second-order valence-electron chi connectivity index (χ2n) is 6.52. The minimum Gasteiger partial charge on any atom is -0.354 e. The van der Waals surface area contributed by atoms with Crippen molar-refractivity contribution in [3.8, 4) is 0 Å². The van der Waals surface area contributed by atoms with Crippen LogP contribution < -0.4 is 10.6 Å². The molecule has 2 N–H and O–H groups in total. The molecule has 1 aliphatic carbocycles. The van der Waals surface area contributed by atoms with Gasteiger partial charge in [0.05, 0.1) is 0 Å². The van der Waals surface area contributed by atoms with Crippen LogP contribution in [0.1, 0.15) is 25.3 Å². The number of amides is 4. The fraction of sp³-hybridized carbons (Fsp3) is 0.471. The molecule has 7 heteroatoms. The van der Waals surface area contributed by atoms with E-state index < -0.39 is 11.6 Å². The number of halogens is 1. The van der Waals surface area contributed by atoms with Crippen molar-refractivity contribution >= 4 is 17.8 Å². The highest BCUT2D eigenvalue weighted by molar-refractivity contribution is 6.09. The summed E-state index contributed by atoms with van der Waals surface area (Å²) in [4.78, 5) is 37.3. The van der Waals surface area contributed by atoms with Crippen LogP contribution in [-0.4, -0.2) is 41.4 Å². The molecule has 1 aliphatic heterocycles. The molecule has 0 aromatic heterocycles. The Morgan fingerprint density at radius 3 is 2.62 bits per heavy atom. The van der Waals surface area contributed by atoms with E-state index in [2.05, 4.69) is 10.6 Å². The van der Waals surface area contributed by atoms with Crippen LogP contribution in [0.15, 0.2) is 24.3 Å². The normalized spacial score (nSPS) is 23.3. The zero-order valence-corrected chi connectivity index (χ0v) is 13.5. The number of nitrogens with one attached hydrogen (secondary N) is 2. The van der Waals surface area contributed by atoms with Gasteiger partial charge in [0.25, 0.3) is 5.91 Å². The van der Waals surface area contributed by atoms with Gasteiger partial charge in [0, 0.05) is 6.54 Å². The third-order valence-corrected chi connectivity index (χ3v) is 4.65. The smallest absolute Gasteiger partial charge is 0.325 e. The summed E-state index contributed by atoms with van der Waals surface area (Å²) in [5.41, 5.74) is 0.0267. The van der Waals surface area contributed by atoms with Gasteiger partial charge >= 0.3 is 6.03 Å². The van der Waals surface area contributed by atoms with Crippen LogP contribution in [0.5, 0.6) is 0 Å². The van der Waals surface area contributed by atoms with Gasteiger partial charge in [-0.05, 0) is 49.8 Å². The molecule has 1 aromatic rings. The standard InChI is InChI=1S/C17H20FN3O3/c1-17(12-4-5-12)15(23)21(16(24)20-17)10-14(22)19-9-8-11-2-6-13(18)7-3-11/h2-3,6-7,12H,4-5,8-10H2,1H3,(H,19,22)(H,20,24). The van der Waals surface area contributed by atoms with Gasteiger partial charge in [0.1, 0.15) is 17.9 Å². The van der Waals surface area contributed by atoms with Gasteiger partial charge in [-0.3, -0.25) is 14.5 Å². The molecule has 3 rings (SSSR count). The Morgan fingerprint density at radius 1 is 1.33 bits per heavy atom. The van der Waals surface area contributed by atoms with Gasteiger partial charge in [0.15, 0.2) is 0 Å². The summed E-state index contributed by atoms with van der Waals surface area (Å²) in [7, 11) is 0. The van der Waals surface area contributed by atoms with Crippen molar-refractivity contribution in [2.24, 2.45) is 5.92 Å². The van der Waals surface area contributed by atoms with E-state index >= 15 is 0 Å². The summed E-state index contributed by atoms with van der Waals surface area (Å²) in [6, 6.07) is 5.52. The molecule has 0 bridgehead atoms. The molecule has 4 amide bonds. The lowest BCUT2D eigenvalue weighted by Gasteiger charge is -2.20. The number of hydrogen-bond acceptors (Lipinski definition) is 3. The fourth-order valence-corrected chi connectivity index (χ4v) is 2.99. The number of carbonyl (C=O) groups is 3. The lowest BCUT2D eigenvalue weighted by molar-refractivity contribution is -0.135. The van der Waals surface area contributed by atoms with Gasteiger partial charge in [-0.2, -0.15) is 0 Å². The second-order valence-corrected chi connectivity index (χ2v) is 6.52. The molecule has 1 atom stereocenters. The predicted molar refractivity (Wildman–Crippen MR) is 84.5 cm³/mol. The Morgan fingerprint density at radius 2 is 2.00 bits per heavy atom. The largest absolute Gasteiger partial charge is 0.354 e. The van der Waals surface area contributed by atoms with Crippen LogP contribution in [0.25, 0.3) is 0 Å². The van der Waals surface area contributed by atoms with Crippen molar-refractivity contribution in [2.45, 2.75) is 31.7 Å². The highest BCUT2D eigenvalue weighted by atomic mass is 19.1. The molecule has 0 spiro atoms. The zero-order chi connectivity index (χ0) is 17.3. The summed E-state index contributed by atoms with van der Waals surface area (Å²) < 4.78 is 12.8. The van der Waals surface area contributed by atoms with E-state index in [-0.39, 0.29) is 30.1 Å². The van der Waals surface area contributed by atoms with Crippen molar-refractivity contribution in [1.29, 1.82) is 0 Å². The van der Waals surface area contributed by atoms with Gasteiger partial charge < -0.3 is 10.6 Å². The Labute approximate surface area is 139 Å². The van der Waals surface area contributed by atoms with E-state index in [1.165, 1.54) is 12.1 Å². The molecule has 128 valence electrons. The van der Waals surface area contributed by atoms with Crippen molar-refractivity contribution in [2.75, 3.05) is 13.1 Å². The summed E-state index contributed by atoms with van der Waals surface area (Å²) in [5, 5.41) is 5.39. The molecule has 1 unspecified atom stereocenters. The van der Waals surface area contributed by atoms with E-state index in [4.69, 9.17) is 0 Å². The Hall–Kier alpha value is -2.44. The average Bonchev–Trinajstić information content (AvgIpc) is 3.36. The van der Waals surface area contributed by atoms with E-state index in [9.17, 15) is 18.8 Å². The molecule has 1 aromatic carbocycles. The van der Waals surface area contributed by atoms with Crippen LogP contribution in [0, 0.1) is 11.7 Å². The van der Waals surface area contributed by atoms with Crippen molar-refractivity contribution in [1.82, 2.24) is 15.5 Å². The van der Waals surface area contributed by atoms with Crippen LogP contribution in [-0.2, 0) is 16.0 Å². The number of rotatable bonds is 6. The first kappa shape index (κ1) is 16.4. The number of urea groups is 1. The zero-order valence-electron chi connectivity index (χ0n) is 13.5. The lowest BCUT2D eigenvalue weighted by atomic mass is 9.96. The molecular formula is C17H20FN3O3. The maximum Gasteiger partial charge on any atom is 0.325 e. The van der Waals surface area contributed by atoms with Crippen molar-refractivity contribution in [3.63, 3.8) is 0 Å². The van der Waals surface area contributed by atoms with Gasteiger partial charge in [-0.25, -0.2) is 9.18 Å². The van der Waals surface area contributed by atoms with Crippen molar-refractivity contribution < 1.29 is 18.8 Å². The lowest BCUT2D eigenvalue weighted by Crippen LogP contribution is -2.47. The quantitative estimate of drug-likeness (QED) is 0.768. The molecule has 24 heavy (non-hydrogen) atoms. The number of benzene rings is 1. The average molecular weight is 333 g/mol. The van der Waals surface area contributed by atoms with Crippen LogP contribution in [0.2, 0.25) is 0 Å². The van der Waals surface area contributed by atoms with Crippen LogP contribution >= 0.6 is 0 Å². The number of hydrogen-bond donors (Lipinski definition) is 2. The first-order valence-corrected chi connectivity index (χ1v) is 8.05. The first-order chi connectivity index (χ1) is 11.4. The molecular weight excluding hydrogens is 313 g/mol. The topological polar surface area (TPSA) is 78.5 Å². The first-order valence-electron chi connectivity index (χ1n) is 8.05. The third kappa shape index (κ3) is 3.25. The van der Waals surface area contributed by atoms with Gasteiger partial charge in [-0.15, -0.1) is 0 Å². The van der Waals surface area contributed by atoms with Crippen LogP contribution in [0.3, 0.4) is 0 Å². The number of carbonyl (C=O) groups excluding carboxylic acids is 3. The van der Waals surface area contributed by atoms with E-state index in [1.807, 2.05) is 0 Å². The Kier molecular flexibility index (Phi) is 4.26. The minimum atomic E-state index is -0.870. The highest BCUT2D eigenvalue weighted by Crippen LogP contribution is 2.42. The van der Waals surface area contributed by atoms with E-state index in [1.54, 1.807) is 19.1 Å². The number of imide groups is 1. The maximum absolute atomic E-state index is 12.8. The molecule has 1 saturated carbocycles. The summed E-state index contributed by atoms with van der Waals surface area (Å²) >= 11 is 0. The second kappa shape index (κ2) is 6.22. The summed E-state index contributed by atoms with van der Waals surface area (Å²) in [6.07, 6.45) is 2.38. The minimum absolute atomic E-state index is 0.167.